The molecule has 2 N–H and O–H groups in total. The van der Waals surface area contributed by atoms with Gasteiger partial charge < -0.3 is 15.2 Å². The number of alkyl halides is 2. The van der Waals surface area contributed by atoms with Gasteiger partial charge in [0.2, 0.25) is 0 Å². The van der Waals surface area contributed by atoms with Crippen molar-refractivity contribution in [3.63, 3.8) is 0 Å². The van der Waals surface area contributed by atoms with Gasteiger partial charge in [-0.05, 0) is 12.2 Å². The quantitative estimate of drug-likeness (QED) is 0.500. The average Bonchev–Trinajstić information content (AvgIpc) is 2.51. The van der Waals surface area contributed by atoms with Crippen molar-refractivity contribution in [1.29, 1.82) is 0 Å². The Labute approximate surface area is 103 Å². The molecule has 0 aromatic heterocycles. The fraction of sp³-hybridized carbons (Fsp3) is 0.900. The van der Waals surface area contributed by atoms with Gasteiger partial charge in [0.05, 0.1) is 6.42 Å². The number of halogens is 2. The summed E-state index contributed by atoms with van der Waals surface area (Å²) < 4.78 is 30.1. The van der Waals surface area contributed by atoms with Crippen molar-refractivity contribution >= 4 is 17.7 Å². The zero-order chi connectivity index (χ0) is 12.7. The highest BCUT2D eigenvalue weighted by molar-refractivity contribution is 7.99. The summed E-state index contributed by atoms with van der Waals surface area (Å²) in [7, 11) is 0. The monoisotopic (exact) mass is 269 g/mol. The van der Waals surface area contributed by atoms with Crippen molar-refractivity contribution < 1.29 is 23.4 Å². The Morgan fingerprint density at radius 2 is 2.29 bits per heavy atom. The van der Waals surface area contributed by atoms with E-state index in [0.717, 1.165) is 17.9 Å². The maximum Gasteiger partial charge on any atom is 0.377 e. The number of cyclic esters (lactones) is 1. The third kappa shape index (κ3) is 5.18. The van der Waals surface area contributed by atoms with Gasteiger partial charge in [0.15, 0.2) is 0 Å². The molecule has 1 aliphatic heterocycles. The van der Waals surface area contributed by atoms with E-state index in [1.807, 2.05) is 0 Å². The second kappa shape index (κ2) is 7.13. The summed E-state index contributed by atoms with van der Waals surface area (Å²) in [6.07, 6.45) is -0.492. The molecule has 0 spiro atoms. The van der Waals surface area contributed by atoms with E-state index in [0.29, 0.717) is 6.54 Å². The number of carbonyl (C=O) groups excluding carboxylic acids is 1. The van der Waals surface area contributed by atoms with Crippen molar-refractivity contribution in [3.05, 3.63) is 0 Å². The third-order valence-corrected chi connectivity index (χ3v) is 3.37. The largest absolute Gasteiger partial charge is 0.456 e. The second-order valence-corrected chi connectivity index (χ2v) is 5.05. The van der Waals surface area contributed by atoms with Crippen molar-refractivity contribution in [1.82, 2.24) is 5.32 Å². The molecule has 1 aliphatic rings. The zero-order valence-electron chi connectivity index (χ0n) is 9.45. The molecule has 1 unspecified atom stereocenters. The molecule has 0 aromatic rings. The second-order valence-electron chi connectivity index (χ2n) is 3.83. The van der Waals surface area contributed by atoms with Crippen LogP contribution in [-0.4, -0.2) is 54.3 Å². The predicted molar refractivity (Wildman–Crippen MR) is 61.3 cm³/mol. The number of thioether (sulfide) groups is 1. The van der Waals surface area contributed by atoms with Crippen molar-refractivity contribution in [2.75, 3.05) is 31.2 Å². The van der Waals surface area contributed by atoms with Gasteiger partial charge in [-0.2, -0.15) is 20.5 Å². The first-order chi connectivity index (χ1) is 8.06. The van der Waals surface area contributed by atoms with Gasteiger partial charge in [-0.1, -0.05) is 0 Å². The van der Waals surface area contributed by atoms with E-state index in [-0.39, 0.29) is 13.2 Å². The SMILES string of the molecule is O=C1OC(CNCCSCCCO)CC1(F)F. The van der Waals surface area contributed by atoms with Gasteiger partial charge >= 0.3 is 11.9 Å². The lowest BCUT2D eigenvalue weighted by Crippen LogP contribution is -2.28. The van der Waals surface area contributed by atoms with E-state index >= 15 is 0 Å². The molecule has 0 saturated carbocycles. The van der Waals surface area contributed by atoms with Gasteiger partial charge in [0.25, 0.3) is 0 Å². The minimum Gasteiger partial charge on any atom is -0.456 e. The number of nitrogens with one attached hydrogen (secondary N) is 1. The van der Waals surface area contributed by atoms with Crippen LogP contribution >= 0.6 is 11.8 Å². The van der Waals surface area contributed by atoms with Gasteiger partial charge in [-0.15, -0.1) is 0 Å². The number of aliphatic hydroxyl groups is 1. The summed E-state index contributed by atoms with van der Waals surface area (Å²) in [5.41, 5.74) is 0. The van der Waals surface area contributed by atoms with Gasteiger partial charge in [-0.25, -0.2) is 4.79 Å². The summed E-state index contributed by atoms with van der Waals surface area (Å²) in [6.45, 7) is 1.13. The minimum absolute atomic E-state index is 0.188. The first-order valence-electron chi connectivity index (χ1n) is 5.54. The molecule has 0 aromatic carbocycles. The molecule has 0 amide bonds. The van der Waals surface area contributed by atoms with E-state index in [2.05, 4.69) is 10.1 Å². The smallest absolute Gasteiger partial charge is 0.377 e. The fourth-order valence-electron chi connectivity index (χ4n) is 1.44. The van der Waals surface area contributed by atoms with Crippen molar-refractivity contribution in [3.8, 4) is 0 Å². The highest BCUT2D eigenvalue weighted by atomic mass is 32.2. The predicted octanol–water partition coefficient (Wildman–Crippen LogP) is 0.642. The summed E-state index contributed by atoms with van der Waals surface area (Å²) in [5.74, 6) is -3.00. The normalized spacial score (nSPS) is 22.8. The summed E-state index contributed by atoms with van der Waals surface area (Å²) >= 11 is 1.68. The Morgan fingerprint density at radius 3 is 2.88 bits per heavy atom. The molecule has 7 heteroatoms. The number of ether oxygens (including phenoxy) is 1. The van der Waals surface area contributed by atoms with E-state index in [1.165, 1.54) is 0 Å². The van der Waals surface area contributed by atoms with Crippen LogP contribution in [0, 0.1) is 0 Å². The van der Waals surface area contributed by atoms with Crippen LogP contribution in [0.2, 0.25) is 0 Å². The highest BCUT2D eigenvalue weighted by Gasteiger charge is 2.50. The van der Waals surface area contributed by atoms with Crippen LogP contribution in [0.1, 0.15) is 12.8 Å². The molecule has 0 radical (unpaired) electrons. The molecule has 1 fully saturated rings. The molecule has 100 valence electrons. The fourth-order valence-corrected chi connectivity index (χ4v) is 2.26. The molecule has 0 bridgehead atoms. The molecular formula is C10H17F2NO3S. The maximum atomic E-state index is 12.8. The van der Waals surface area contributed by atoms with Crippen molar-refractivity contribution in [2.45, 2.75) is 24.9 Å². The molecule has 1 saturated heterocycles. The number of esters is 1. The van der Waals surface area contributed by atoms with Gasteiger partial charge in [-0.3, -0.25) is 0 Å². The van der Waals surface area contributed by atoms with Gasteiger partial charge in [0.1, 0.15) is 6.10 Å². The van der Waals surface area contributed by atoms with E-state index in [4.69, 9.17) is 5.11 Å². The Bertz CT molecular complexity index is 254. The van der Waals surface area contributed by atoms with Gasteiger partial charge in [0, 0.05) is 25.4 Å². The van der Waals surface area contributed by atoms with Crippen LogP contribution < -0.4 is 5.32 Å². The third-order valence-electron chi connectivity index (χ3n) is 2.30. The lowest BCUT2D eigenvalue weighted by Gasteiger charge is -2.09. The van der Waals surface area contributed by atoms with Crippen LogP contribution in [0.4, 0.5) is 8.78 Å². The maximum absolute atomic E-state index is 12.8. The zero-order valence-corrected chi connectivity index (χ0v) is 10.3. The Kier molecular flexibility index (Phi) is 6.15. The van der Waals surface area contributed by atoms with Crippen LogP contribution in [-0.2, 0) is 9.53 Å². The Hall–Kier alpha value is -0.400. The summed E-state index contributed by atoms with van der Waals surface area (Å²) in [5, 5.41) is 11.5. The van der Waals surface area contributed by atoms with Crippen LogP contribution in [0.5, 0.6) is 0 Å². The first kappa shape index (κ1) is 14.7. The van der Waals surface area contributed by atoms with Crippen molar-refractivity contribution in [2.24, 2.45) is 0 Å². The lowest BCUT2D eigenvalue weighted by molar-refractivity contribution is -0.158. The van der Waals surface area contributed by atoms with Crippen LogP contribution in [0.25, 0.3) is 0 Å². The lowest BCUT2D eigenvalue weighted by atomic mass is 10.2. The van der Waals surface area contributed by atoms with E-state index < -0.39 is 24.4 Å². The molecule has 4 nitrogen and oxygen atoms in total. The topological polar surface area (TPSA) is 58.6 Å². The summed E-state index contributed by atoms with van der Waals surface area (Å²) in [4.78, 5) is 10.7. The van der Waals surface area contributed by atoms with Crippen LogP contribution in [0.15, 0.2) is 0 Å². The van der Waals surface area contributed by atoms with Crippen LogP contribution in [0.3, 0.4) is 0 Å². The Morgan fingerprint density at radius 1 is 1.53 bits per heavy atom. The summed E-state index contributed by atoms with van der Waals surface area (Å²) in [6, 6.07) is 0. The number of aliphatic hydroxyl groups excluding tert-OH is 1. The highest BCUT2D eigenvalue weighted by Crippen LogP contribution is 2.30. The number of hydrogen-bond donors (Lipinski definition) is 2. The molecule has 1 heterocycles. The molecule has 17 heavy (non-hydrogen) atoms. The molecule has 1 atom stereocenters. The number of carbonyl (C=O) groups is 1. The molecular weight excluding hydrogens is 252 g/mol. The number of rotatable bonds is 8. The standard InChI is InChI=1S/C10H17F2NO3S/c11-10(12)6-8(16-9(10)15)7-13-2-5-17-4-1-3-14/h8,13-14H,1-7H2. The minimum atomic E-state index is -3.32. The molecule has 1 rings (SSSR count). The number of hydrogen-bond acceptors (Lipinski definition) is 5. The van der Waals surface area contributed by atoms with E-state index in [1.54, 1.807) is 11.8 Å². The average molecular weight is 269 g/mol. The van der Waals surface area contributed by atoms with E-state index in [9.17, 15) is 13.6 Å². The molecule has 0 aliphatic carbocycles. The first-order valence-corrected chi connectivity index (χ1v) is 6.70. The Balaban J connectivity index is 1.99.